The van der Waals surface area contributed by atoms with Crippen LogP contribution in [0.4, 0.5) is 13.2 Å². The largest absolute Gasteiger partial charge is 0.433 e. The van der Waals surface area contributed by atoms with Gasteiger partial charge in [-0.05, 0) is 31.2 Å². The van der Waals surface area contributed by atoms with E-state index in [4.69, 9.17) is 4.74 Å². The van der Waals surface area contributed by atoms with E-state index in [2.05, 4.69) is 4.98 Å². The van der Waals surface area contributed by atoms with E-state index in [0.29, 0.717) is 17.7 Å². The summed E-state index contributed by atoms with van der Waals surface area (Å²) in [5.74, 6) is -0.268. The second-order valence-electron chi connectivity index (χ2n) is 6.25. The first-order valence-electron chi connectivity index (χ1n) is 8.52. The van der Waals surface area contributed by atoms with Crippen molar-refractivity contribution in [3.63, 3.8) is 0 Å². The molecule has 1 aliphatic heterocycles. The lowest BCUT2D eigenvalue weighted by molar-refractivity contribution is -0.141. The van der Waals surface area contributed by atoms with Crippen LogP contribution in [0, 0.1) is 0 Å². The van der Waals surface area contributed by atoms with Gasteiger partial charge < -0.3 is 14.7 Å². The molecule has 2 heterocycles. The quantitative estimate of drug-likeness (QED) is 0.886. The van der Waals surface area contributed by atoms with Crippen LogP contribution in [-0.4, -0.2) is 52.8 Å². The average molecular weight is 380 g/mol. The number of aliphatic hydroxyl groups excluding tert-OH is 1. The number of pyridine rings is 1. The Morgan fingerprint density at radius 2 is 1.93 bits per heavy atom. The highest BCUT2D eigenvalue weighted by Crippen LogP contribution is 2.29. The summed E-state index contributed by atoms with van der Waals surface area (Å²) in [6.45, 7) is 2.67. The van der Waals surface area contributed by atoms with E-state index in [0.717, 1.165) is 6.07 Å². The number of alkyl halides is 3. The molecular weight excluding hydrogens is 361 g/mol. The lowest BCUT2D eigenvalue weighted by Crippen LogP contribution is -2.46. The first-order chi connectivity index (χ1) is 12.8. The molecule has 5 nitrogen and oxygen atoms in total. The molecule has 0 aliphatic carbocycles. The number of aromatic nitrogens is 1. The Morgan fingerprint density at radius 1 is 1.22 bits per heavy atom. The van der Waals surface area contributed by atoms with Crippen molar-refractivity contribution in [2.24, 2.45) is 0 Å². The summed E-state index contributed by atoms with van der Waals surface area (Å²) in [6, 6.07) is 9.49. The van der Waals surface area contributed by atoms with Crippen LogP contribution in [0.5, 0.6) is 0 Å². The first kappa shape index (κ1) is 19.3. The highest BCUT2D eigenvalue weighted by atomic mass is 19.4. The monoisotopic (exact) mass is 380 g/mol. The number of halogens is 3. The number of aliphatic hydroxyl groups is 1. The lowest BCUT2D eigenvalue weighted by atomic mass is 10.1. The number of carbonyl (C=O) groups is 1. The van der Waals surface area contributed by atoms with Crippen molar-refractivity contribution in [1.29, 1.82) is 0 Å². The maximum Gasteiger partial charge on any atom is 0.433 e. The number of ether oxygens (including phenoxy) is 1. The van der Waals surface area contributed by atoms with Gasteiger partial charge in [0.15, 0.2) is 0 Å². The molecule has 27 heavy (non-hydrogen) atoms. The maximum absolute atomic E-state index is 12.8. The Balaban J connectivity index is 1.82. The molecule has 2 unspecified atom stereocenters. The third-order valence-electron chi connectivity index (χ3n) is 4.49. The Kier molecular flexibility index (Phi) is 5.48. The Morgan fingerprint density at radius 3 is 2.48 bits per heavy atom. The number of benzene rings is 1. The molecule has 2 aromatic rings. The number of amides is 1. The molecule has 144 valence electrons. The van der Waals surface area contributed by atoms with Gasteiger partial charge in [-0.3, -0.25) is 4.79 Å². The third kappa shape index (κ3) is 4.12. The predicted molar refractivity (Wildman–Crippen MR) is 92.0 cm³/mol. The molecule has 0 bridgehead atoms. The second kappa shape index (κ2) is 7.66. The summed E-state index contributed by atoms with van der Waals surface area (Å²) in [7, 11) is 0. The van der Waals surface area contributed by atoms with E-state index in [1.807, 2.05) is 6.92 Å². The molecule has 1 amide bonds. The molecule has 1 aliphatic rings. The molecule has 0 radical (unpaired) electrons. The van der Waals surface area contributed by atoms with Crippen LogP contribution in [0.15, 0.2) is 42.5 Å². The fourth-order valence-electron chi connectivity index (χ4n) is 3.06. The Labute approximate surface area is 154 Å². The van der Waals surface area contributed by atoms with E-state index in [1.165, 1.54) is 17.0 Å². The maximum atomic E-state index is 12.8. The molecule has 1 aromatic carbocycles. The van der Waals surface area contributed by atoms with Crippen LogP contribution in [0.1, 0.15) is 23.0 Å². The molecule has 0 saturated carbocycles. The van der Waals surface area contributed by atoms with Crippen molar-refractivity contribution in [3.05, 3.63) is 53.7 Å². The zero-order chi connectivity index (χ0) is 19.6. The highest BCUT2D eigenvalue weighted by Gasteiger charge is 2.34. The fourth-order valence-corrected chi connectivity index (χ4v) is 3.06. The van der Waals surface area contributed by atoms with Crippen molar-refractivity contribution in [3.8, 4) is 11.3 Å². The van der Waals surface area contributed by atoms with Gasteiger partial charge in [-0.2, -0.15) is 13.2 Å². The Bertz CT molecular complexity index is 809. The molecule has 1 aromatic heterocycles. The van der Waals surface area contributed by atoms with Crippen molar-refractivity contribution in [1.82, 2.24) is 9.88 Å². The van der Waals surface area contributed by atoms with E-state index in [9.17, 15) is 23.1 Å². The summed E-state index contributed by atoms with van der Waals surface area (Å²) in [4.78, 5) is 17.9. The molecule has 8 heteroatoms. The average Bonchev–Trinajstić information content (AvgIpc) is 3.08. The van der Waals surface area contributed by atoms with Crippen molar-refractivity contribution in [2.45, 2.75) is 25.2 Å². The molecule has 3 rings (SSSR count). The number of carbonyl (C=O) groups excluding carboxylic acids is 1. The standard InChI is InChI=1S/C19H19F3N2O3/c1-2-24(15-10-27-11-16(15)25)18(26)13-8-6-12(7-9-13)14-4-3-5-17(23-14)19(20,21)22/h3-9,15-16,25H,2,10-11H2,1H3. The van der Waals surface area contributed by atoms with Crippen LogP contribution in [0.3, 0.4) is 0 Å². The molecule has 0 spiro atoms. The van der Waals surface area contributed by atoms with Crippen LogP contribution in [0.2, 0.25) is 0 Å². The summed E-state index contributed by atoms with van der Waals surface area (Å²) in [5.41, 5.74) is 0.0694. The van der Waals surface area contributed by atoms with Gasteiger partial charge >= 0.3 is 6.18 Å². The number of nitrogens with zero attached hydrogens (tertiary/aromatic N) is 2. The van der Waals surface area contributed by atoms with Crippen molar-refractivity contribution < 1.29 is 27.8 Å². The summed E-state index contributed by atoms with van der Waals surface area (Å²) in [5, 5.41) is 9.95. The lowest BCUT2D eigenvalue weighted by Gasteiger charge is -2.28. The molecular formula is C19H19F3N2O3. The van der Waals surface area contributed by atoms with Gasteiger partial charge in [-0.25, -0.2) is 4.98 Å². The van der Waals surface area contributed by atoms with Gasteiger partial charge in [0.2, 0.25) is 0 Å². The van der Waals surface area contributed by atoms with Gasteiger partial charge in [0.25, 0.3) is 5.91 Å². The summed E-state index contributed by atoms with van der Waals surface area (Å²) < 4.78 is 43.7. The topological polar surface area (TPSA) is 62.7 Å². The van der Waals surface area contributed by atoms with Gasteiger partial charge in [0.1, 0.15) is 5.69 Å². The van der Waals surface area contributed by atoms with Crippen molar-refractivity contribution >= 4 is 5.91 Å². The molecule has 1 N–H and O–H groups in total. The predicted octanol–water partition coefficient (Wildman–Crippen LogP) is 2.99. The molecule has 1 fully saturated rings. The second-order valence-corrected chi connectivity index (χ2v) is 6.25. The molecule has 2 atom stereocenters. The van der Waals surface area contributed by atoms with Gasteiger partial charge in [-0.1, -0.05) is 18.2 Å². The van der Waals surface area contributed by atoms with Crippen LogP contribution >= 0.6 is 0 Å². The summed E-state index contributed by atoms with van der Waals surface area (Å²) in [6.07, 6.45) is -5.25. The van der Waals surface area contributed by atoms with Gasteiger partial charge in [-0.15, -0.1) is 0 Å². The number of hydrogen-bond donors (Lipinski definition) is 1. The zero-order valence-corrected chi connectivity index (χ0v) is 14.6. The third-order valence-corrected chi connectivity index (χ3v) is 4.49. The van der Waals surface area contributed by atoms with Gasteiger partial charge in [0.05, 0.1) is 31.1 Å². The number of hydrogen-bond acceptors (Lipinski definition) is 4. The number of rotatable bonds is 4. The minimum Gasteiger partial charge on any atom is -0.388 e. The highest BCUT2D eigenvalue weighted by molar-refractivity contribution is 5.95. The zero-order valence-electron chi connectivity index (χ0n) is 14.6. The van der Waals surface area contributed by atoms with E-state index >= 15 is 0 Å². The van der Waals surface area contributed by atoms with Crippen LogP contribution in [0.25, 0.3) is 11.3 Å². The minimum absolute atomic E-state index is 0.177. The van der Waals surface area contributed by atoms with Crippen LogP contribution in [-0.2, 0) is 10.9 Å². The fraction of sp³-hybridized carbons (Fsp3) is 0.368. The van der Waals surface area contributed by atoms with Crippen molar-refractivity contribution in [2.75, 3.05) is 19.8 Å². The van der Waals surface area contributed by atoms with E-state index in [1.54, 1.807) is 24.3 Å². The van der Waals surface area contributed by atoms with E-state index < -0.39 is 24.0 Å². The first-order valence-corrected chi connectivity index (χ1v) is 8.52. The smallest absolute Gasteiger partial charge is 0.388 e. The van der Waals surface area contributed by atoms with Crippen LogP contribution < -0.4 is 0 Å². The summed E-state index contributed by atoms with van der Waals surface area (Å²) >= 11 is 0. The van der Waals surface area contributed by atoms with Gasteiger partial charge in [0, 0.05) is 17.7 Å². The minimum atomic E-state index is -4.52. The Hall–Kier alpha value is -2.45. The normalized spacial score (nSPS) is 19.9. The molecule has 1 saturated heterocycles. The van der Waals surface area contributed by atoms with E-state index in [-0.39, 0.29) is 24.8 Å². The number of likely N-dealkylation sites (N-methyl/N-ethyl adjacent to an activating group) is 1. The SMILES string of the molecule is CCN(C(=O)c1ccc(-c2cccc(C(F)(F)F)n2)cc1)C1COCC1O.